The van der Waals surface area contributed by atoms with E-state index in [9.17, 15) is 8.42 Å². The standard InChI is InChI=1S/C8H13BrN2O3S/c1-4-7(9)5-8(6-10)14-15(12,13)11(2)3/h4-6H,1,10H2,2-3H3/b7-5+,8-6+. The van der Waals surface area contributed by atoms with Gasteiger partial charge in [0.15, 0.2) is 5.76 Å². The molecular weight excluding hydrogens is 284 g/mol. The first kappa shape index (κ1) is 14.2. The maximum Gasteiger partial charge on any atom is 0.384 e. The van der Waals surface area contributed by atoms with Crippen molar-refractivity contribution in [2.24, 2.45) is 5.73 Å². The minimum atomic E-state index is -3.78. The summed E-state index contributed by atoms with van der Waals surface area (Å²) < 4.78 is 28.8. The topological polar surface area (TPSA) is 72.6 Å². The maximum atomic E-state index is 11.3. The van der Waals surface area contributed by atoms with Crippen LogP contribution in [0.2, 0.25) is 0 Å². The predicted octanol–water partition coefficient (Wildman–Crippen LogP) is 1.07. The van der Waals surface area contributed by atoms with Crippen LogP contribution in [0.1, 0.15) is 0 Å². The SMILES string of the molecule is C=C/C(Br)=C\C(=C/N)OS(=O)(=O)N(C)C. The molecule has 0 aliphatic carbocycles. The second-order valence-corrected chi connectivity index (χ2v) is 5.29. The van der Waals surface area contributed by atoms with Gasteiger partial charge in [0, 0.05) is 24.8 Å². The normalized spacial score (nSPS) is 14.1. The van der Waals surface area contributed by atoms with Crippen LogP contribution in [-0.4, -0.2) is 26.8 Å². The van der Waals surface area contributed by atoms with E-state index in [4.69, 9.17) is 9.92 Å². The van der Waals surface area contributed by atoms with Crippen LogP contribution in [0.25, 0.3) is 0 Å². The molecular formula is C8H13BrN2O3S. The van der Waals surface area contributed by atoms with E-state index >= 15 is 0 Å². The summed E-state index contributed by atoms with van der Waals surface area (Å²) in [5.74, 6) is 0.00970. The fourth-order valence-corrected chi connectivity index (χ4v) is 1.21. The fourth-order valence-electron chi connectivity index (χ4n) is 0.491. The summed E-state index contributed by atoms with van der Waals surface area (Å²) in [4.78, 5) is 0. The van der Waals surface area contributed by atoms with Crippen LogP contribution < -0.4 is 5.73 Å². The highest BCUT2D eigenvalue weighted by molar-refractivity contribution is 9.11. The molecule has 0 atom stereocenters. The Labute approximate surface area is 98.3 Å². The Morgan fingerprint density at radius 2 is 2.07 bits per heavy atom. The summed E-state index contributed by atoms with van der Waals surface area (Å²) in [5.41, 5.74) is 5.21. The van der Waals surface area contributed by atoms with Gasteiger partial charge in [-0.2, -0.15) is 12.7 Å². The molecule has 0 aliphatic rings. The Balaban J connectivity index is 4.87. The molecule has 0 aromatic carbocycles. The van der Waals surface area contributed by atoms with Crippen molar-refractivity contribution in [2.45, 2.75) is 0 Å². The molecule has 0 spiro atoms. The Morgan fingerprint density at radius 3 is 2.40 bits per heavy atom. The van der Waals surface area contributed by atoms with Crippen molar-refractivity contribution in [3.63, 3.8) is 0 Å². The third-order valence-electron chi connectivity index (χ3n) is 1.29. The van der Waals surface area contributed by atoms with Gasteiger partial charge < -0.3 is 9.92 Å². The van der Waals surface area contributed by atoms with E-state index in [-0.39, 0.29) is 5.76 Å². The van der Waals surface area contributed by atoms with Crippen molar-refractivity contribution in [3.05, 3.63) is 35.2 Å². The quantitative estimate of drug-likeness (QED) is 0.608. The number of halogens is 1. The summed E-state index contributed by atoms with van der Waals surface area (Å²) in [7, 11) is -1.06. The van der Waals surface area contributed by atoms with Gasteiger partial charge in [0.2, 0.25) is 0 Å². The van der Waals surface area contributed by atoms with Crippen molar-refractivity contribution in [3.8, 4) is 0 Å². The summed E-state index contributed by atoms with van der Waals surface area (Å²) >= 11 is 3.12. The van der Waals surface area contributed by atoms with E-state index in [0.29, 0.717) is 4.48 Å². The van der Waals surface area contributed by atoms with Gasteiger partial charge in [-0.15, -0.1) is 0 Å². The number of hydrogen-bond acceptors (Lipinski definition) is 4. The third-order valence-corrected chi connectivity index (χ3v) is 3.14. The van der Waals surface area contributed by atoms with Gasteiger partial charge in [0.05, 0.1) is 0 Å². The molecule has 0 saturated carbocycles. The molecule has 0 radical (unpaired) electrons. The summed E-state index contributed by atoms with van der Waals surface area (Å²) in [6, 6.07) is 0. The monoisotopic (exact) mass is 296 g/mol. The highest BCUT2D eigenvalue weighted by Crippen LogP contribution is 2.13. The average molecular weight is 297 g/mol. The molecule has 86 valence electrons. The lowest BCUT2D eigenvalue weighted by atomic mass is 10.4. The first-order valence-electron chi connectivity index (χ1n) is 3.87. The first-order chi connectivity index (χ1) is 6.83. The molecule has 2 N–H and O–H groups in total. The zero-order chi connectivity index (χ0) is 12.1. The lowest BCUT2D eigenvalue weighted by Gasteiger charge is -2.12. The van der Waals surface area contributed by atoms with Gasteiger partial charge in [0.25, 0.3) is 0 Å². The van der Waals surface area contributed by atoms with Crippen molar-refractivity contribution in [1.82, 2.24) is 4.31 Å². The lowest BCUT2D eigenvalue weighted by molar-refractivity contribution is 0.369. The number of hydrogen-bond donors (Lipinski definition) is 1. The smallest absolute Gasteiger partial charge is 0.384 e. The van der Waals surface area contributed by atoms with E-state index < -0.39 is 10.3 Å². The van der Waals surface area contributed by atoms with Crippen LogP contribution in [0.4, 0.5) is 0 Å². The summed E-state index contributed by atoms with van der Waals surface area (Å²) in [6.45, 7) is 3.48. The Morgan fingerprint density at radius 1 is 1.53 bits per heavy atom. The van der Waals surface area contributed by atoms with Crippen LogP contribution in [-0.2, 0) is 14.5 Å². The van der Waals surface area contributed by atoms with Crippen LogP contribution in [0.3, 0.4) is 0 Å². The van der Waals surface area contributed by atoms with Crippen LogP contribution in [0.5, 0.6) is 0 Å². The van der Waals surface area contributed by atoms with E-state index in [1.165, 1.54) is 26.2 Å². The van der Waals surface area contributed by atoms with E-state index in [1.807, 2.05) is 0 Å². The lowest BCUT2D eigenvalue weighted by Crippen LogP contribution is -2.24. The summed E-state index contributed by atoms with van der Waals surface area (Å²) in [5, 5.41) is 0. The highest BCUT2D eigenvalue weighted by Gasteiger charge is 2.16. The molecule has 0 unspecified atom stereocenters. The van der Waals surface area contributed by atoms with Gasteiger partial charge in [-0.1, -0.05) is 28.6 Å². The molecule has 0 saturated heterocycles. The molecule has 0 aromatic heterocycles. The highest BCUT2D eigenvalue weighted by atomic mass is 79.9. The van der Waals surface area contributed by atoms with Gasteiger partial charge in [-0.25, -0.2) is 0 Å². The third kappa shape index (κ3) is 5.01. The summed E-state index contributed by atoms with van der Waals surface area (Å²) in [6.07, 6.45) is 3.93. The molecule has 15 heavy (non-hydrogen) atoms. The minimum Gasteiger partial charge on any atom is -0.402 e. The second kappa shape index (κ2) is 5.94. The first-order valence-corrected chi connectivity index (χ1v) is 6.02. The van der Waals surface area contributed by atoms with Gasteiger partial charge >= 0.3 is 10.3 Å². The van der Waals surface area contributed by atoms with Crippen LogP contribution in [0.15, 0.2) is 35.2 Å². The van der Waals surface area contributed by atoms with Gasteiger partial charge in [-0.05, 0) is 6.08 Å². The molecule has 0 aromatic rings. The number of nitrogens with zero attached hydrogens (tertiary/aromatic N) is 1. The number of nitrogens with two attached hydrogens (primary N) is 1. The molecule has 0 amide bonds. The number of rotatable bonds is 5. The Kier molecular flexibility index (Phi) is 5.63. The molecule has 5 nitrogen and oxygen atoms in total. The van der Waals surface area contributed by atoms with Crippen LogP contribution >= 0.6 is 15.9 Å². The maximum absolute atomic E-state index is 11.3. The fraction of sp³-hybridized carbons (Fsp3) is 0.250. The van der Waals surface area contributed by atoms with Crippen LogP contribution in [0, 0.1) is 0 Å². The van der Waals surface area contributed by atoms with Crippen molar-refractivity contribution < 1.29 is 12.6 Å². The largest absolute Gasteiger partial charge is 0.402 e. The Bertz CT molecular complexity index is 385. The van der Waals surface area contributed by atoms with E-state index in [2.05, 4.69) is 22.5 Å². The second-order valence-electron chi connectivity index (χ2n) is 2.63. The van der Waals surface area contributed by atoms with Crippen molar-refractivity contribution in [2.75, 3.05) is 14.1 Å². The van der Waals surface area contributed by atoms with E-state index in [0.717, 1.165) is 10.5 Å². The van der Waals surface area contributed by atoms with Crippen molar-refractivity contribution >= 4 is 26.2 Å². The van der Waals surface area contributed by atoms with Crippen molar-refractivity contribution in [1.29, 1.82) is 0 Å². The zero-order valence-corrected chi connectivity index (χ0v) is 10.9. The average Bonchev–Trinajstić information content (AvgIpc) is 2.15. The predicted molar refractivity (Wildman–Crippen MR) is 63.2 cm³/mol. The Hall–Kier alpha value is -0.790. The van der Waals surface area contributed by atoms with E-state index in [1.54, 1.807) is 0 Å². The number of allylic oxidation sites excluding steroid dienone is 3. The molecule has 0 fully saturated rings. The molecule has 0 bridgehead atoms. The minimum absolute atomic E-state index is 0.00970. The van der Waals surface area contributed by atoms with Gasteiger partial charge in [-0.3, -0.25) is 0 Å². The molecule has 0 heterocycles. The van der Waals surface area contributed by atoms with Gasteiger partial charge in [0.1, 0.15) is 0 Å². The molecule has 0 rings (SSSR count). The molecule has 7 heteroatoms. The zero-order valence-electron chi connectivity index (χ0n) is 8.47. The molecule has 0 aliphatic heterocycles.